The van der Waals surface area contributed by atoms with Crippen LogP contribution in [0.15, 0.2) is 24.3 Å². The number of methoxy groups -OCH3 is 1. The van der Waals surface area contributed by atoms with Gasteiger partial charge in [0, 0.05) is 18.5 Å². The van der Waals surface area contributed by atoms with E-state index in [-0.39, 0.29) is 23.8 Å². The van der Waals surface area contributed by atoms with Crippen LogP contribution in [0.1, 0.15) is 63.4 Å². The highest BCUT2D eigenvalue weighted by Crippen LogP contribution is 2.26. The van der Waals surface area contributed by atoms with E-state index >= 15 is 0 Å². The zero-order valence-electron chi connectivity index (χ0n) is 17.0. The molecule has 2 fully saturated rings. The Morgan fingerprint density at radius 3 is 2.50 bits per heavy atom. The number of carbonyl (C=O) groups excluding carboxylic acids is 2. The summed E-state index contributed by atoms with van der Waals surface area (Å²) in [5.74, 6) is 1.89. The first-order valence-corrected chi connectivity index (χ1v) is 10.8. The summed E-state index contributed by atoms with van der Waals surface area (Å²) in [6.07, 6.45) is 10.3. The quantitative estimate of drug-likeness (QED) is 0.752. The maximum absolute atomic E-state index is 12.3. The molecule has 0 aromatic heterocycles. The van der Waals surface area contributed by atoms with Gasteiger partial charge in [-0.05, 0) is 62.1 Å². The number of carbonyl (C=O) groups is 2. The van der Waals surface area contributed by atoms with Crippen LogP contribution in [0.25, 0.3) is 0 Å². The van der Waals surface area contributed by atoms with E-state index in [2.05, 4.69) is 10.6 Å². The molecule has 5 nitrogen and oxygen atoms in total. The molecule has 0 atom stereocenters. The van der Waals surface area contributed by atoms with E-state index in [1.165, 1.54) is 19.3 Å². The minimum Gasteiger partial charge on any atom is -0.497 e. The number of ether oxygens (including phenoxy) is 1. The van der Waals surface area contributed by atoms with Gasteiger partial charge in [-0.3, -0.25) is 9.59 Å². The number of hydrogen-bond acceptors (Lipinski definition) is 3. The minimum absolute atomic E-state index is 0.0716. The highest BCUT2D eigenvalue weighted by molar-refractivity contribution is 5.79. The van der Waals surface area contributed by atoms with Gasteiger partial charge in [-0.1, -0.05) is 31.4 Å². The monoisotopic (exact) mass is 386 g/mol. The van der Waals surface area contributed by atoms with Crippen LogP contribution in [0.3, 0.4) is 0 Å². The SMILES string of the molecule is COc1cccc(CC(=O)NC2CCC(CNC(=O)C3CCCCC3)CC2)c1. The van der Waals surface area contributed by atoms with Crippen LogP contribution in [0, 0.1) is 11.8 Å². The summed E-state index contributed by atoms with van der Waals surface area (Å²) in [6, 6.07) is 7.91. The molecular weight excluding hydrogens is 352 g/mol. The molecule has 28 heavy (non-hydrogen) atoms. The lowest BCUT2D eigenvalue weighted by molar-refractivity contribution is -0.126. The highest BCUT2D eigenvalue weighted by atomic mass is 16.5. The van der Waals surface area contributed by atoms with Crippen molar-refractivity contribution in [2.45, 2.75) is 70.3 Å². The zero-order valence-corrected chi connectivity index (χ0v) is 17.0. The van der Waals surface area contributed by atoms with Crippen LogP contribution in [0.4, 0.5) is 0 Å². The van der Waals surface area contributed by atoms with Crippen LogP contribution in [-0.2, 0) is 16.0 Å². The summed E-state index contributed by atoms with van der Waals surface area (Å²) in [6.45, 7) is 0.791. The molecule has 154 valence electrons. The van der Waals surface area contributed by atoms with Gasteiger partial charge in [-0.2, -0.15) is 0 Å². The van der Waals surface area contributed by atoms with Crippen LogP contribution < -0.4 is 15.4 Å². The lowest BCUT2D eigenvalue weighted by atomic mass is 9.85. The molecule has 5 heteroatoms. The third kappa shape index (κ3) is 6.25. The van der Waals surface area contributed by atoms with Crippen molar-refractivity contribution in [2.75, 3.05) is 13.7 Å². The lowest BCUT2D eigenvalue weighted by Gasteiger charge is -2.30. The fourth-order valence-electron chi connectivity index (χ4n) is 4.51. The van der Waals surface area contributed by atoms with E-state index in [0.717, 1.165) is 56.4 Å². The molecule has 1 aromatic rings. The van der Waals surface area contributed by atoms with Crippen molar-refractivity contribution >= 4 is 11.8 Å². The Morgan fingerprint density at radius 2 is 1.79 bits per heavy atom. The summed E-state index contributed by atoms with van der Waals surface area (Å²) >= 11 is 0. The molecule has 0 spiro atoms. The molecule has 0 aliphatic heterocycles. The Kier molecular flexibility index (Phi) is 7.75. The first-order valence-electron chi connectivity index (χ1n) is 10.8. The minimum atomic E-state index is 0.0716. The van der Waals surface area contributed by atoms with E-state index in [0.29, 0.717) is 12.3 Å². The molecule has 2 aliphatic rings. The molecule has 2 amide bonds. The van der Waals surface area contributed by atoms with Crippen molar-refractivity contribution < 1.29 is 14.3 Å². The van der Waals surface area contributed by atoms with Crippen molar-refractivity contribution in [1.82, 2.24) is 10.6 Å². The topological polar surface area (TPSA) is 67.4 Å². The van der Waals surface area contributed by atoms with Gasteiger partial charge < -0.3 is 15.4 Å². The third-order valence-corrected chi connectivity index (χ3v) is 6.25. The Morgan fingerprint density at radius 1 is 1.04 bits per heavy atom. The fraction of sp³-hybridized carbons (Fsp3) is 0.652. The molecule has 0 bridgehead atoms. The first kappa shape index (κ1) is 20.7. The summed E-state index contributed by atoms with van der Waals surface area (Å²) in [5, 5.41) is 6.36. The Labute approximate surface area is 168 Å². The first-order chi connectivity index (χ1) is 13.6. The largest absolute Gasteiger partial charge is 0.497 e. The van der Waals surface area contributed by atoms with Gasteiger partial charge in [-0.15, -0.1) is 0 Å². The van der Waals surface area contributed by atoms with Crippen molar-refractivity contribution in [3.05, 3.63) is 29.8 Å². The molecule has 3 rings (SSSR count). The van der Waals surface area contributed by atoms with E-state index in [1.807, 2.05) is 24.3 Å². The smallest absolute Gasteiger partial charge is 0.224 e. The second kappa shape index (κ2) is 10.5. The summed E-state index contributed by atoms with van der Waals surface area (Å²) in [7, 11) is 1.63. The average Bonchev–Trinajstić information content (AvgIpc) is 2.73. The maximum Gasteiger partial charge on any atom is 0.224 e. The van der Waals surface area contributed by atoms with Gasteiger partial charge >= 0.3 is 0 Å². The molecule has 0 saturated heterocycles. The van der Waals surface area contributed by atoms with Gasteiger partial charge in [-0.25, -0.2) is 0 Å². The van der Waals surface area contributed by atoms with E-state index < -0.39 is 0 Å². The van der Waals surface area contributed by atoms with Crippen LogP contribution in [0.2, 0.25) is 0 Å². The molecule has 2 N–H and O–H groups in total. The predicted octanol–water partition coefficient (Wildman–Crippen LogP) is 3.61. The Bertz CT molecular complexity index is 647. The predicted molar refractivity (Wildman–Crippen MR) is 110 cm³/mol. The Hall–Kier alpha value is -2.04. The van der Waals surface area contributed by atoms with Crippen LogP contribution in [-0.4, -0.2) is 31.5 Å². The van der Waals surface area contributed by atoms with Gasteiger partial charge in [0.15, 0.2) is 0 Å². The normalized spacial score (nSPS) is 23.0. The zero-order chi connectivity index (χ0) is 19.8. The molecule has 0 unspecified atom stereocenters. The summed E-state index contributed by atoms with van der Waals surface area (Å²) in [5.41, 5.74) is 0.968. The molecule has 2 aliphatic carbocycles. The van der Waals surface area contributed by atoms with Gasteiger partial charge in [0.25, 0.3) is 0 Å². The molecule has 0 radical (unpaired) electrons. The second-order valence-corrected chi connectivity index (χ2v) is 8.39. The van der Waals surface area contributed by atoms with Gasteiger partial charge in [0.2, 0.25) is 11.8 Å². The lowest BCUT2D eigenvalue weighted by Crippen LogP contribution is -2.41. The van der Waals surface area contributed by atoms with Crippen molar-refractivity contribution in [1.29, 1.82) is 0 Å². The van der Waals surface area contributed by atoms with Crippen LogP contribution in [0.5, 0.6) is 5.75 Å². The van der Waals surface area contributed by atoms with Gasteiger partial charge in [0.05, 0.1) is 13.5 Å². The standard InChI is InChI=1S/C23H34N2O3/c1-28-21-9-5-6-18(14-21)15-22(26)25-20-12-10-17(11-13-20)16-24-23(27)19-7-3-2-4-8-19/h5-6,9,14,17,19-20H,2-4,7-8,10-13,15-16H2,1H3,(H,24,27)(H,25,26). The van der Waals surface area contributed by atoms with Gasteiger partial charge in [0.1, 0.15) is 5.75 Å². The van der Waals surface area contributed by atoms with Crippen molar-refractivity contribution in [2.24, 2.45) is 11.8 Å². The third-order valence-electron chi connectivity index (χ3n) is 6.25. The number of hydrogen-bond donors (Lipinski definition) is 2. The molecular formula is C23H34N2O3. The number of nitrogens with one attached hydrogen (secondary N) is 2. The van der Waals surface area contributed by atoms with E-state index in [4.69, 9.17) is 4.74 Å². The van der Waals surface area contributed by atoms with Crippen molar-refractivity contribution in [3.63, 3.8) is 0 Å². The number of benzene rings is 1. The molecule has 0 heterocycles. The summed E-state index contributed by atoms with van der Waals surface area (Å²) in [4.78, 5) is 24.6. The molecule has 2 saturated carbocycles. The van der Waals surface area contributed by atoms with E-state index in [9.17, 15) is 9.59 Å². The van der Waals surface area contributed by atoms with E-state index in [1.54, 1.807) is 7.11 Å². The Balaban J connectivity index is 1.34. The molecule has 1 aromatic carbocycles. The second-order valence-electron chi connectivity index (χ2n) is 8.39. The highest BCUT2D eigenvalue weighted by Gasteiger charge is 2.25. The maximum atomic E-state index is 12.3. The van der Waals surface area contributed by atoms with Crippen LogP contribution >= 0.6 is 0 Å². The number of rotatable bonds is 7. The number of amides is 2. The van der Waals surface area contributed by atoms with Crippen molar-refractivity contribution in [3.8, 4) is 5.75 Å². The average molecular weight is 387 g/mol. The summed E-state index contributed by atoms with van der Waals surface area (Å²) < 4.78 is 5.21. The fourth-order valence-corrected chi connectivity index (χ4v) is 4.51.